The van der Waals surface area contributed by atoms with Crippen LogP contribution in [0.2, 0.25) is 0 Å². The SMILES string of the molecule is CC.Cc1cnc2c(F)nccn12. The van der Waals surface area contributed by atoms with Crippen LogP contribution < -0.4 is 0 Å². The van der Waals surface area contributed by atoms with Crippen LogP contribution in [0.5, 0.6) is 0 Å². The number of fused-ring (bicyclic) bond motifs is 1. The van der Waals surface area contributed by atoms with E-state index in [9.17, 15) is 4.39 Å². The van der Waals surface area contributed by atoms with E-state index in [1.807, 2.05) is 20.8 Å². The van der Waals surface area contributed by atoms with Gasteiger partial charge in [0.1, 0.15) is 0 Å². The van der Waals surface area contributed by atoms with E-state index in [1.54, 1.807) is 16.8 Å². The summed E-state index contributed by atoms with van der Waals surface area (Å²) in [6.07, 6.45) is 4.71. The fraction of sp³-hybridized carbons (Fsp3) is 0.333. The van der Waals surface area contributed by atoms with Gasteiger partial charge in [-0.05, 0) is 6.92 Å². The third kappa shape index (κ3) is 1.66. The Morgan fingerprint density at radius 1 is 1.31 bits per heavy atom. The first-order valence-corrected chi connectivity index (χ1v) is 4.23. The topological polar surface area (TPSA) is 30.2 Å². The van der Waals surface area contributed by atoms with E-state index >= 15 is 0 Å². The fourth-order valence-electron chi connectivity index (χ4n) is 1.01. The summed E-state index contributed by atoms with van der Waals surface area (Å²) >= 11 is 0. The van der Waals surface area contributed by atoms with Crippen molar-refractivity contribution in [2.45, 2.75) is 20.8 Å². The Morgan fingerprint density at radius 3 is 2.62 bits per heavy atom. The van der Waals surface area contributed by atoms with Crippen molar-refractivity contribution in [2.24, 2.45) is 0 Å². The molecule has 2 rings (SSSR count). The van der Waals surface area contributed by atoms with Gasteiger partial charge >= 0.3 is 0 Å². The lowest BCUT2D eigenvalue weighted by atomic mass is 10.5. The first-order chi connectivity index (χ1) is 6.29. The number of aryl methyl sites for hydroxylation is 1. The summed E-state index contributed by atoms with van der Waals surface area (Å²) in [6.45, 7) is 5.86. The van der Waals surface area contributed by atoms with Crippen molar-refractivity contribution in [3.8, 4) is 0 Å². The minimum atomic E-state index is -0.527. The van der Waals surface area contributed by atoms with Gasteiger partial charge in [-0.15, -0.1) is 0 Å². The molecule has 2 aromatic rings. The summed E-state index contributed by atoms with van der Waals surface area (Å²) in [5.74, 6) is -0.527. The van der Waals surface area contributed by atoms with Gasteiger partial charge in [0, 0.05) is 24.3 Å². The highest BCUT2D eigenvalue weighted by molar-refractivity contribution is 5.38. The lowest BCUT2D eigenvalue weighted by Crippen LogP contribution is -1.92. The van der Waals surface area contributed by atoms with E-state index in [2.05, 4.69) is 9.97 Å². The van der Waals surface area contributed by atoms with Gasteiger partial charge in [-0.2, -0.15) is 4.39 Å². The van der Waals surface area contributed by atoms with Gasteiger partial charge in [-0.1, -0.05) is 13.8 Å². The van der Waals surface area contributed by atoms with Gasteiger partial charge in [0.2, 0.25) is 0 Å². The molecule has 0 saturated carbocycles. The Balaban J connectivity index is 0.000000396. The minimum Gasteiger partial charge on any atom is -0.299 e. The number of rotatable bonds is 0. The molecule has 0 aliphatic rings. The van der Waals surface area contributed by atoms with Crippen molar-refractivity contribution >= 4 is 5.65 Å². The summed E-state index contributed by atoms with van der Waals surface area (Å²) < 4.78 is 14.5. The van der Waals surface area contributed by atoms with Gasteiger partial charge in [0.05, 0.1) is 0 Å². The summed E-state index contributed by atoms with van der Waals surface area (Å²) in [4.78, 5) is 7.31. The van der Waals surface area contributed by atoms with Crippen LogP contribution in [0.15, 0.2) is 18.6 Å². The first kappa shape index (κ1) is 9.64. The van der Waals surface area contributed by atoms with E-state index in [0.717, 1.165) is 5.69 Å². The van der Waals surface area contributed by atoms with Gasteiger partial charge in [0.25, 0.3) is 5.95 Å². The van der Waals surface area contributed by atoms with Gasteiger partial charge in [-0.3, -0.25) is 4.40 Å². The Bertz CT molecular complexity index is 395. The van der Waals surface area contributed by atoms with Crippen LogP contribution in [0.25, 0.3) is 5.65 Å². The van der Waals surface area contributed by atoms with Crippen molar-refractivity contribution in [2.75, 3.05) is 0 Å². The molecule has 0 fully saturated rings. The molecule has 0 atom stereocenters. The summed E-state index contributed by atoms with van der Waals surface area (Å²) in [5, 5.41) is 0. The Hall–Kier alpha value is -1.45. The smallest absolute Gasteiger partial charge is 0.256 e. The second-order valence-electron chi connectivity index (χ2n) is 2.31. The largest absolute Gasteiger partial charge is 0.299 e. The lowest BCUT2D eigenvalue weighted by molar-refractivity contribution is 0.585. The third-order valence-electron chi connectivity index (χ3n) is 1.57. The highest BCUT2D eigenvalue weighted by Crippen LogP contribution is 2.06. The predicted molar refractivity (Wildman–Crippen MR) is 49.0 cm³/mol. The van der Waals surface area contributed by atoms with E-state index < -0.39 is 5.95 Å². The zero-order valence-electron chi connectivity index (χ0n) is 7.95. The van der Waals surface area contributed by atoms with Crippen LogP contribution in [0.1, 0.15) is 19.5 Å². The Kier molecular flexibility index (Phi) is 2.95. The molecule has 0 amide bonds. The fourth-order valence-corrected chi connectivity index (χ4v) is 1.01. The molecule has 2 aromatic heterocycles. The maximum atomic E-state index is 12.8. The van der Waals surface area contributed by atoms with Crippen molar-refractivity contribution in [1.29, 1.82) is 0 Å². The predicted octanol–water partition coefficient (Wildman–Crippen LogP) is 2.20. The number of aromatic nitrogens is 3. The van der Waals surface area contributed by atoms with Crippen LogP contribution in [0, 0.1) is 12.9 Å². The maximum absolute atomic E-state index is 12.8. The normalized spacial score (nSPS) is 9.54. The molecule has 0 unspecified atom stereocenters. The van der Waals surface area contributed by atoms with Crippen LogP contribution in [-0.2, 0) is 0 Å². The third-order valence-corrected chi connectivity index (χ3v) is 1.57. The van der Waals surface area contributed by atoms with E-state index in [1.165, 1.54) is 6.20 Å². The molecule has 0 saturated heterocycles. The molecule has 0 N–H and O–H groups in total. The Labute approximate surface area is 76.3 Å². The summed E-state index contributed by atoms with van der Waals surface area (Å²) in [5.41, 5.74) is 1.19. The first-order valence-electron chi connectivity index (χ1n) is 4.23. The average Bonchev–Trinajstić information content (AvgIpc) is 2.53. The summed E-state index contributed by atoms with van der Waals surface area (Å²) in [7, 11) is 0. The summed E-state index contributed by atoms with van der Waals surface area (Å²) in [6, 6.07) is 0. The molecular weight excluding hydrogens is 169 g/mol. The molecule has 0 radical (unpaired) electrons. The van der Waals surface area contributed by atoms with Crippen molar-refractivity contribution in [3.63, 3.8) is 0 Å². The highest BCUT2D eigenvalue weighted by Gasteiger charge is 2.03. The number of hydrogen-bond acceptors (Lipinski definition) is 2. The van der Waals surface area contributed by atoms with E-state index in [0.29, 0.717) is 0 Å². The van der Waals surface area contributed by atoms with Gasteiger partial charge in [-0.25, -0.2) is 9.97 Å². The van der Waals surface area contributed by atoms with Crippen molar-refractivity contribution < 1.29 is 4.39 Å². The lowest BCUT2D eigenvalue weighted by Gasteiger charge is -1.93. The van der Waals surface area contributed by atoms with E-state index in [-0.39, 0.29) is 5.65 Å². The molecule has 0 aliphatic heterocycles. The molecule has 4 heteroatoms. The minimum absolute atomic E-state index is 0.282. The number of nitrogens with zero attached hydrogens (tertiary/aromatic N) is 3. The Morgan fingerprint density at radius 2 is 2.00 bits per heavy atom. The molecule has 2 heterocycles. The van der Waals surface area contributed by atoms with Crippen LogP contribution in [-0.4, -0.2) is 14.4 Å². The molecule has 13 heavy (non-hydrogen) atoms. The van der Waals surface area contributed by atoms with Gasteiger partial charge < -0.3 is 0 Å². The van der Waals surface area contributed by atoms with E-state index in [4.69, 9.17) is 0 Å². The number of halogens is 1. The average molecular weight is 181 g/mol. The van der Waals surface area contributed by atoms with Crippen molar-refractivity contribution in [1.82, 2.24) is 14.4 Å². The highest BCUT2D eigenvalue weighted by atomic mass is 19.1. The van der Waals surface area contributed by atoms with Crippen LogP contribution in [0.3, 0.4) is 0 Å². The molecule has 0 aliphatic carbocycles. The van der Waals surface area contributed by atoms with Crippen LogP contribution >= 0.6 is 0 Å². The quantitative estimate of drug-likeness (QED) is 0.623. The molecule has 3 nitrogen and oxygen atoms in total. The molecule has 70 valence electrons. The monoisotopic (exact) mass is 181 g/mol. The standard InChI is InChI=1S/C7H6FN3.C2H6/c1-5-4-10-7-6(8)9-2-3-11(5)7;1-2/h2-4H,1H3;1-2H3. The zero-order chi connectivity index (χ0) is 9.84. The molecule has 0 aromatic carbocycles. The number of imidazole rings is 1. The number of hydrogen-bond donors (Lipinski definition) is 0. The molecule has 0 spiro atoms. The van der Waals surface area contributed by atoms with Crippen molar-refractivity contribution in [3.05, 3.63) is 30.2 Å². The zero-order valence-corrected chi connectivity index (χ0v) is 7.95. The second-order valence-corrected chi connectivity index (χ2v) is 2.31. The van der Waals surface area contributed by atoms with Gasteiger partial charge in [0.15, 0.2) is 5.65 Å². The maximum Gasteiger partial charge on any atom is 0.256 e. The van der Waals surface area contributed by atoms with Crippen LogP contribution in [0.4, 0.5) is 4.39 Å². The molecular formula is C9H12FN3. The second kappa shape index (κ2) is 3.98. The molecule has 0 bridgehead atoms.